The first-order valence-electron chi connectivity index (χ1n) is 5.83. The van der Waals surface area contributed by atoms with E-state index in [1.54, 1.807) is 0 Å². The third kappa shape index (κ3) is 3.47. The minimum Gasteiger partial charge on any atom is -0.465 e. The van der Waals surface area contributed by atoms with Gasteiger partial charge in [0, 0.05) is 25.7 Å². The van der Waals surface area contributed by atoms with E-state index in [4.69, 9.17) is 4.74 Å². The molecule has 4 nitrogen and oxygen atoms in total. The van der Waals surface area contributed by atoms with E-state index in [1.807, 2.05) is 13.8 Å². The molecule has 1 aliphatic rings. The average molecular weight is 214 g/mol. The van der Waals surface area contributed by atoms with Crippen molar-refractivity contribution >= 4 is 5.97 Å². The summed E-state index contributed by atoms with van der Waals surface area (Å²) in [5.74, 6) is -0.0749. The molecular formula is C11H22N2O2. The van der Waals surface area contributed by atoms with Gasteiger partial charge < -0.3 is 10.1 Å². The minimum absolute atomic E-state index is 0.0606. The van der Waals surface area contributed by atoms with Crippen molar-refractivity contribution in [3.8, 4) is 0 Å². The molecule has 0 saturated carbocycles. The number of rotatable bonds is 4. The molecule has 2 atom stereocenters. The number of hydrogen-bond acceptors (Lipinski definition) is 4. The zero-order valence-electron chi connectivity index (χ0n) is 9.95. The lowest BCUT2D eigenvalue weighted by molar-refractivity contribution is -0.150. The quantitative estimate of drug-likeness (QED) is 0.697. The molecule has 15 heavy (non-hydrogen) atoms. The zero-order valence-corrected chi connectivity index (χ0v) is 9.95. The maximum absolute atomic E-state index is 11.7. The Kier molecular flexibility index (Phi) is 5.05. The van der Waals surface area contributed by atoms with Gasteiger partial charge in [0.25, 0.3) is 0 Å². The van der Waals surface area contributed by atoms with E-state index < -0.39 is 0 Å². The molecule has 1 aliphatic heterocycles. The second kappa shape index (κ2) is 6.08. The lowest BCUT2D eigenvalue weighted by Crippen LogP contribution is -2.55. The maximum atomic E-state index is 11.7. The third-order valence-electron chi connectivity index (χ3n) is 2.79. The highest BCUT2D eigenvalue weighted by atomic mass is 16.5. The first kappa shape index (κ1) is 12.5. The zero-order chi connectivity index (χ0) is 11.3. The Morgan fingerprint density at radius 2 is 2.33 bits per heavy atom. The maximum Gasteiger partial charge on any atom is 0.323 e. The van der Waals surface area contributed by atoms with Gasteiger partial charge in [0.1, 0.15) is 6.04 Å². The summed E-state index contributed by atoms with van der Waals surface area (Å²) in [5.41, 5.74) is 0. The van der Waals surface area contributed by atoms with E-state index in [-0.39, 0.29) is 12.0 Å². The van der Waals surface area contributed by atoms with Gasteiger partial charge in [-0.1, -0.05) is 6.92 Å². The minimum atomic E-state index is -0.0749. The molecule has 0 aromatic heterocycles. The summed E-state index contributed by atoms with van der Waals surface area (Å²) in [6.45, 7) is 9.32. The normalized spacial score (nSPS) is 24.9. The number of carbonyl (C=O) groups excluding carboxylic acids is 1. The molecule has 0 bridgehead atoms. The first-order valence-corrected chi connectivity index (χ1v) is 5.83. The van der Waals surface area contributed by atoms with Crippen LogP contribution in [0.25, 0.3) is 0 Å². The topological polar surface area (TPSA) is 41.6 Å². The van der Waals surface area contributed by atoms with Crippen molar-refractivity contribution in [2.24, 2.45) is 0 Å². The van der Waals surface area contributed by atoms with Gasteiger partial charge in [-0.15, -0.1) is 0 Å². The van der Waals surface area contributed by atoms with Gasteiger partial charge in [-0.05, 0) is 20.3 Å². The Bertz CT molecular complexity index is 209. The van der Waals surface area contributed by atoms with Crippen LogP contribution in [-0.2, 0) is 9.53 Å². The fourth-order valence-electron chi connectivity index (χ4n) is 2.06. The summed E-state index contributed by atoms with van der Waals surface area (Å²) in [6.07, 6.45) is 0.825. The molecule has 88 valence electrons. The first-order chi connectivity index (χ1) is 7.19. The van der Waals surface area contributed by atoms with Gasteiger partial charge in [0.2, 0.25) is 0 Å². The van der Waals surface area contributed by atoms with Crippen LogP contribution in [0.5, 0.6) is 0 Å². The van der Waals surface area contributed by atoms with Gasteiger partial charge in [-0.25, -0.2) is 0 Å². The number of hydrogen-bond donors (Lipinski definition) is 1. The van der Waals surface area contributed by atoms with Crippen molar-refractivity contribution in [1.29, 1.82) is 0 Å². The van der Waals surface area contributed by atoms with E-state index >= 15 is 0 Å². The van der Waals surface area contributed by atoms with Crippen LogP contribution in [-0.4, -0.2) is 49.2 Å². The van der Waals surface area contributed by atoms with Crippen molar-refractivity contribution in [1.82, 2.24) is 10.2 Å². The molecule has 0 aliphatic carbocycles. The fourth-order valence-corrected chi connectivity index (χ4v) is 2.06. The molecule has 0 amide bonds. The molecule has 0 aromatic carbocycles. The molecule has 1 rings (SSSR count). The predicted octanol–water partition coefficient (Wildman–Crippen LogP) is 0.622. The Labute approximate surface area is 92.0 Å². The van der Waals surface area contributed by atoms with Crippen molar-refractivity contribution in [2.45, 2.75) is 39.3 Å². The van der Waals surface area contributed by atoms with Crippen LogP contribution in [0.3, 0.4) is 0 Å². The second-order valence-electron chi connectivity index (χ2n) is 4.03. The van der Waals surface area contributed by atoms with Crippen LogP contribution in [0.2, 0.25) is 0 Å². The van der Waals surface area contributed by atoms with Crippen LogP contribution >= 0.6 is 0 Å². The van der Waals surface area contributed by atoms with E-state index in [0.29, 0.717) is 12.6 Å². The van der Waals surface area contributed by atoms with Crippen molar-refractivity contribution in [2.75, 3.05) is 26.2 Å². The fraction of sp³-hybridized carbons (Fsp3) is 0.909. The Hall–Kier alpha value is -0.610. The molecular weight excluding hydrogens is 192 g/mol. The van der Waals surface area contributed by atoms with E-state index in [1.165, 1.54) is 0 Å². The number of carbonyl (C=O) groups is 1. The number of nitrogens with zero attached hydrogens (tertiary/aromatic N) is 1. The summed E-state index contributed by atoms with van der Waals surface area (Å²) in [6, 6.07) is 0.400. The van der Waals surface area contributed by atoms with Crippen LogP contribution in [0.1, 0.15) is 27.2 Å². The van der Waals surface area contributed by atoms with E-state index in [2.05, 4.69) is 17.1 Å². The van der Waals surface area contributed by atoms with Crippen molar-refractivity contribution in [3.63, 3.8) is 0 Å². The molecule has 1 unspecified atom stereocenters. The highest BCUT2D eigenvalue weighted by Gasteiger charge is 2.28. The van der Waals surface area contributed by atoms with E-state index in [0.717, 1.165) is 26.1 Å². The van der Waals surface area contributed by atoms with Crippen LogP contribution < -0.4 is 5.32 Å². The van der Waals surface area contributed by atoms with Gasteiger partial charge >= 0.3 is 5.97 Å². The molecule has 0 radical (unpaired) electrons. The summed E-state index contributed by atoms with van der Waals surface area (Å²) in [4.78, 5) is 13.9. The predicted molar refractivity (Wildman–Crippen MR) is 59.7 cm³/mol. The molecule has 1 saturated heterocycles. The Morgan fingerprint density at radius 1 is 1.60 bits per heavy atom. The Balaban J connectivity index is 2.52. The van der Waals surface area contributed by atoms with Crippen molar-refractivity contribution < 1.29 is 9.53 Å². The number of esters is 1. The summed E-state index contributed by atoms with van der Waals surface area (Å²) in [7, 11) is 0. The van der Waals surface area contributed by atoms with Gasteiger partial charge in [-0.3, -0.25) is 9.69 Å². The van der Waals surface area contributed by atoms with E-state index in [9.17, 15) is 4.79 Å². The number of nitrogens with one attached hydrogen (secondary N) is 1. The largest absolute Gasteiger partial charge is 0.465 e. The molecule has 1 heterocycles. The third-order valence-corrected chi connectivity index (χ3v) is 2.79. The smallest absolute Gasteiger partial charge is 0.323 e. The van der Waals surface area contributed by atoms with Gasteiger partial charge in [-0.2, -0.15) is 0 Å². The van der Waals surface area contributed by atoms with Crippen LogP contribution in [0.4, 0.5) is 0 Å². The summed E-state index contributed by atoms with van der Waals surface area (Å²) in [5, 5.41) is 3.37. The monoisotopic (exact) mass is 214 g/mol. The molecule has 1 fully saturated rings. The SMILES string of the molecule is CCOC(=O)C(CC)N1CCN[C@H](C)C1. The number of piperazine rings is 1. The van der Waals surface area contributed by atoms with Gasteiger partial charge in [0.05, 0.1) is 6.61 Å². The highest BCUT2D eigenvalue weighted by molar-refractivity contribution is 5.75. The summed E-state index contributed by atoms with van der Waals surface area (Å²) < 4.78 is 5.08. The van der Waals surface area contributed by atoms with Crippen molar-refractivity contribution in [3.05, 3.63) is 0 Å². The Morgan fingerprint density at radius 3 is 2.87 bits per heavy atom. The molecule has 4 heteroatoms. The lowest BCUT2D eigenvalue weighted by atomic mass is 10.1. The second-order valence-corrected chi connectivity index (χ2v) is 4.03. The van der Waals surface area contributed by atoms with Crippen LogP contribution in [0, 0.1) is 0 Å². The summed E-state index contributed by atoms with van der Waals surface area (Å²) >= 11 is 0. The highest BCUT2D eigenvalue weighted by Crippen LogP contribution is 2.09. The molecule has 0 aromatic rings. The average Bonchev–Trinajstić information content (AvgIpc) is 2.19. The molecule has 0 spiro atoms. The number of ether oxygens (including phenoxy) is 1. The standard InChI is InChI=1S/C11H22N2O2/c1-4-10(11(14)15-5-2)13-7-6-12-9(3)8-13/h9-10,12H,4-8H2,1-3H3/t9-,10?/m1/s1. The lowest BCUT2D eigenvalue weighted by Gasteiger charge is -2.36. The molecule has 1 N–H and O–H groups in total. The van der Waals surface area contributed by atoms with Crippen LogP contribution in [0.15, 0.2) is 0 Å². The van der Waals surface area contributed by atoms with Gasteiger partial charge in [0.15, 0.2) is 0 Å².